The Morgan fingerprint density at radius 1 is 1.40 bits per heavy atom. The highest BCUT2D eigenvalue weighted by Crippen LogP contribution is 2.26. The fourth-order valence-corrected chi connectivity index (χ4v) is 2.91. The van der Waals surface area contributed by atoms with Crippen LogP contribution in [0.15, 0.2) is 0 Å². The van der Waals surface area contributed by atoms with E-state index in [1.165, 1.54) is 32.1 Å². The van der Waals surface area contributed by atoms with Crippen LogP contribution in [0.3, 0.4) is 0 Å². The van der Waals surface area contributed by atoms with Gasteiger partial charge in [-0.1, -0.05) is 35.2 Å². The molecule has 0 aliphatic heterocycles. The van der Waals surface area contributed by atoms with E-state index in [1.54, 1.807) is 0 Å². The maximum Gasteiger partial charge on any atom is 0.220 e. The molecular weight excluding hydrogens is 254 g/mol. The predicted molar refractivity (Wildman–Crippen MR) is 67.2 cm³/mol. The number of carbonyl (C=O) groups is 1. The average Bonchev–Trinajstić information content (AvgIpc) is 2.19. The smallest absolute Gasteiger partial charge is 0.220 e. The van der Waals surface area contributed by atoms with Crippen LogP contribution < -0.4 is 5.32 Å². The monoisotopic (exact) mass is 275 g/mol. The second-order valence-corrected chi connectivity index (χ2v) is 5.45. The maximum absolute atomic E-state index is 11.7. The first kappa shape index (κ1) is 13.0. The summed E-state index contributed by atoms with van der Waals surface area (Å²) >= 11 is 3.39. The van der Waals surface area contributed by atoms with Crippen molar-refractivity contribution in [2.24, 2.45) is 5.92 Å². The summed E-state index contributed by atoms with van der Waals surface area (Å²) in [5, 5.41) is 4.02. The number of hydrogen-bond acceptors (Lipinski definition) is 1. The van der Waals surface area contributed by atoms with Crippen molar-refractivity contribution >= 4 is 21.8 Å². The normalized spacial score (nSPS) is 19.9. The molecule has 1 amide bonds. The molecule has 1 saturated carbocycles. The first-order valence-electron chi connectivity index (χ1n) is 6.07. The van der Waals surface area contributed by atoms with Gasteiger partial charge >= 0.3 is 0 Å². The number of hydrogen-bond donors (Lipinski definition) is 1. The molecule has 0 heterocycles. The predicted octanol–water partition coefficient (Wildman–Crippen LogP) is 3.25. The molecule has 1 aliphatic carbocycles. The lowest BCUT2D eigenvalue weighted by molar-refractivity contribution is -0.122. The van der Waals surface area contributed by atoms with Crippen LogP contribution in [-0.4, -0.2) is 17.3 Å². The number of alkyl halides is 1. The lowest BCUT2D eigenvalue weighted by Gasteiger charge is -2.22. The van der Waals surface area contributed by atoms with Crippen LogP contribution >= 0.6 is 15.9 Å². The molecule has 1 unspecified atom stereocenters. The molecular formula is C12H22BrNO. The first-order chi connectivity index (χ1) is 7.22. The molecule has 0 bridgehead atoms. The molecule has 0 saturated heterocycles. The molecule has 0 spiro atoms. The van der Waals surface area contributed by atoms with Gasteiger partial charge in [-0.05, 0) is 32.1 Å². The van der Waals surface area contributed by atoms with Crippen molar-refractivity contribution in [3.8, 4) is 0 Å². The minimum Gasteiger partial charge on any atom is -0.354 e. The summed E-state index contributed by atoms with van der Waals surface area (Å²) in [5.41, 5.74) is 0. The molecule has 88 valence electrons. The minimum atomic E-state index is 0.246. The van der Waals surface area contributed by atoms with Crippen molar-refractivity contribution in [1.29, 1.82) is 0 Å². The molecule has 1 atom stereocenters. The number of nitrogens with one attached hydrogen (secondary N) is 1. The summed E-state index contributed by atoms with van der Waals surface area (Å²) < 4.78 is 0. The summed E-state index contributed by atoms with van der Waals surface area (Å²) in [6.07, 6.45) is 8.24. The van der Waals surface area contributed by atoms with Crippen molar-refractivity contribution in [2.45, 2.75) is 57.9 Å². The van der Waals surface area contributed by atoms with Crippen LogP contribution in [0.4, 0.5) is 0 Å². The molecule has 15 heavy (non-hydrogen) atoms. The van der Waals surface area contributed by atoms with Crippen LogP contribution in [0.2, 0.25) is 0 Å². The molecule has 3 heteroatoms. The first-order valence-corrected chi connectivity index (χ1v) is 7.20. The Hall–Kier alpha value is -0.0500. The molecule has 0 aromatic rings. The van der Waals surface area contributed by atoms with Crippen LogP contribution in [0.25, 0.3) is 0 Å². The van der Waals surface area contributed by atoms with Crippen molar-refractivity contribution in [1.82, 2.24) is 5.32 Å². The Balaban J connectivity index is 2.16. The maximum atomic E-state index is 11.7. The van der Waals surface area contributed by atoms with Crippen molar-refractivity contribution in [2.75, 3.05) is 5.33 Å². The SMILES string of the molecule is CC(CCBr)NC(=O)CC1CCCCC1. The van der Waals surface area contributed by atoms with E-state index in [0.717, 1.165) is 18.2 Å². The summed E-state index contributed by atoms with van der Waals surface area (Å²) in [6, 6.07) is 0.306. The zero-order valence-electron chi connectivity index (χ0n) is 9.60. The quantitative estimate of drug-likeness (QED) is 0.767. The fraction of sp³-hybridized carbons (Fsp3) is 0.917. The van der Waals surface area contributed by atoms with Gasteiger partial charge in [-0.25, -0.2) is 0 Å². The Bertz CT molecular complexity index is 190. The lowest BCUT2D eigenvalue weighted by atomic mass is 9.87. The lowest BCUT2D eigenvalue weighted by Crippen LogP contribution is -2.34. The third-order valence-electron chi connectivity index (χ3n) is 3.15. The van der Waals surface area contributed by atoms with Gasteiger partial charge in [0, 0.05) is 17.8 Å². The van der Waals surface area contributed by atoms with E-state index in [9.17, 15) is 4.79 Å². The van der Waals surface area contributed by atoms with E-state index in [0.29, 0.717) is 12.0 Å². The van der Waals surface area contributed by atoms with E-state index in [4.69, 9.17) is 0 Å². The number of carbonyl (C=O) groups excluding carboxylic acids is 1. The van der Waals surface area contributed by atoms with Crippen molar-refractivity contribution < 1.29 is 4.79 Å². The van der Waals surface area contributed by atoms with Gasteiger partial charge in [-0.15, -0.1) is 0 Å². The molecule has 1 rings (SSSR count). The van der Waals surface area contributed by atoms with E-state index in [2.05, 4.69) is 28.2 Å². The molecule has 1 aliphatic rings. The number of amides is 1. The van der Waals surface area contributed by atoms with Gasteiger partial charge in [-0.2, -0.15) is 0 Å². The van der Waals surface area contributed by atoms with Gasteiger partial charge in [0.05, 0.1) is 0 Å². The Kier molecular flexibility index (Phi) is 6.30. The van der Waals surface area contributed by atoms with Crippen LogP contribution in [0.5, 0.6) is 0 Å². The van der Waals surface area contributed by atoms with Gasteiger partial charge in [0.25, 0.3) is 0 Å². The van der Waals surface area contributed by atoms with Gasteiger partial charge < -0.3 is 5.32 Å². The van der Waals surface area contributed by atoms with E-state index in [1.807, 2.05) is 0 Å². The molecule has 0 aromatic heterocycles. The van der Waals surface area contributed by atoms with Crippen LogP contribution in [0.1, 0.15) is 51.9 Å². The van der Waals surface area contributed by atoms with E-state index >= 15 is 0 Å². The molecule has 0 radical (unpaired) electrons. The van der Waals surface area contributed by atoms with Crippen LogP contribution in [-0.2, 0) is 4.79 Å². The zero-order chi connectivity index (χ0) is 11.1. The summed E-state index contributed by atoms with van der Waals surface area (Å²) in [7, 11) is 0. The van der Waals surface area contributed by atoms with E-state index in [-0.39, 0.29) is 5.91 Å². The zero-order valence-corrected chi connectivity index (χ0v) is 11.2. The van der Waals surface area contributed by atoms with Crippen LogP contribution in [0, 0.1) is 5.92 Å². The van der Waals surface area contributed by atoms with E-state index < -0.39 is 0 Å². The molecule has 0 aromatic carbocycles. The second kappa shape index (κ2) is 7.26. The third kappa shape index (κ3) is 5.55. The summed E-state index contributed by atoms with van der Waals surface area (Å²) in [5.74, 6) is 0.894. The number of rotatable bonds is 5. The van der Waals surface area contributed by atoms with Gasteiger partial charge in [-0.3, -0.25) is 4.79 Å². The van der Waals surface area contributed by atoms with Crippen molar-refractivity contribution in [3.05, 3.63) is 0 Å². The number of halogens is 1. The molecule has 1 N–H and O–H groups in total. The molecule has 1 fully saturated rings. The Morgan fingerprint density at radius 3 is 2.67 bits per heavy atom. The topological polar surface area (TPSA) is 29.1 Å². The van der Waals surface area contributed by atoms with Gasteiger partial charge in [0.15, 0.2) is 0 Å². The highest BCUT2D eigenvalue weighted by Gasteiger charge is 2.17. The highest BCUT2D eigenvalue weighted by atomic mass is 79.9. The standard InChI is InChI=1S/C12H22BrNO/c1-10(7-8-13)14-12(15)9-11-5-3-2-4-6-11/h10-11H,2-9H2,1H3,(H,14,15). The Morgan fingerprint density at radius 2 is 2.07 bits per heavy atom. The van der Waals surface area contributed by atoms with Gasteiger partial charge in [0.1, 0.15) is 0 Å². The highest BCUT2D eigenvalue weighted by molar-refractivity contribution is 9.09. The molecule has 2 nitrogen and oxygen atoms in total. The average molecular weight is 276 g/mol. The summed E-state index contributed by atoms with van der Waals surface area (Å²) in [6.45, 7) is 2.07. The second-order valence-electron chi connectivity index (χ2n) is 4.65. The third-order valence-corrected chi connectivity index (χ3v) is 3.61. The van der Waals surface area contributed by atoms with Crippen molar-refractivity contribution in [3.63, 3.8) is 0 Å². The summed E-state index contributed by atoms with van der Waals surface area (Å²) in [4.78, 5) is 11.7. The van der Waals surface area contributed by atoms with Gasteiger partial charge in [0.2, 0.25) is 5.91 Å². The largest absolute Gasteiger partial charge is 0.354 e. The fourth-order valence-electron chi connectivity index (χ4n) is 2.22. The minimum absolute atomic E-state index is 0.246. The Labute approximate surface area is 101 Å².